The Bertz CT molecular complexity index is 991. The second-order valence-electron chi connectivity index (χ2n) is 7.79. The van der Waals surface area contributed by atoms with Crippen LogP contribution in [0.3, 0.4) is 0 Å². The molecule has 2 aromatic carbocycles. The minimum absolute atomic E-state index is 0.0372. The Morgan fingerprint density at radius 2 is 1.87 bits per heavy atom. The van der Waals surface area contributed by atoms with Gasteiger partial charge in [-0.05, 0) is 60.2 Å². The lowest BCUT2D eigenvalue weighted by molar-refractivity contribution is -0.384. The summed E-state index contributed by atoms with van der Waals surface area (Å²) < 4.78 is 5.70. The van der Waals surface area contributed by atoms with Gasteiger partial charge in [0, 0.05) is 18.2 Å². The van der Waals surface area contributed by atoms with E-state index in [0.717, 1.165) is 30.4 Å². The van der Waals surface area contributed by atoms with Crippen LogP contribution in [-0.4, -0.2) is 16.9 Å². The predicted molar refractivity (Wildman–Crippen MR) is 117 cm³/mol. The molecule has 0 heterocycles. The lowest BCUT2D eigenvalue weighted by atomic mass is 9.86. The van der Waals surface area contributed by atoms with E-state index in [0.29, 0.717) is 11.7 Å². The van der Waals surface area contributed by atoms with Crippen molar-refractivity contribution in [3.8, 4) is 11.8 Å². The number of nitrogens with zero attached hydrogens (tertiary/aromatic N) is 2. The largest absolute Gasteiger partial charge is 0.489 e. The molecule has 0 aliphatic heterocycles. The third kappa shape index (κ3) is 6.16. The molecule has 31 heavy (non-hydrogen) atoms. The molecule has 7 heteroatoms. The van der Waals surface area contributed by atoms with E-state index in [1.165, 1.54) is 18.6 Å². The number of benzene rings is 2. The van der Waals surface area contributed by atoms with Crippen LogP contribution in [0, 0.1) is 27.4 Å². The van der Waals surface area contributed by atoms with Gasteiger partial charge in [-0.3, -0.25) is 14.9 Å². The van der Waals surface area contributed by atoms with Gasteiger partial charge in [0.25, 0.3) is 11.6 Å². The van der Waals surface area contributed by atoms with Gasteiger partial charge in [-0.25, -0.2) is 0 Å². The second kappa shape index (κ2) is 10.4. The molecule has 1 amide bonds. The van der Waals surface area contributed by atoms with Crippen molar-refractivity contribution in [2.45, 2.75) is 45.3 Å². The molecular weight excluding hydrogens is 394 g/mol. The van der Waals surface area contributed by atoms with Gasteiger partial charge in [0.2, 0.25) is 0 Å². The first kappa shape index (κ1) is 22.0. The number of nitrogens with one attached hydrogen (secondary N) is 1. The number of hydrogen-bond acceptors (Lipinski definition) is 5. The van der Waals surface area contributed by atoms with Gasteiger partial charge in [-0.2, -0.15) is 5.26 Å². The summed E-state index contributed by atoms with van der Waals surface area (Å²) in [5.74, 6) is 0.707. The summed E-state index contributed by atoms with van der Waals surface area (Å²) in [4.78, 5) is 22.8. The summed E-state index contributed by atoms with van der Waals surface area (Å²) in [5, 5.41) is 23.1. The van der Waals surface area contributed by atoms with Gasteiger partial charge in [-0.15, -0.1) is 0 Å². The summed E-state index contributed by atoms with van der Waals surface area (Å²) in [5.41, 5.74) is 1.66. The predicted octanol–water partition coefficient (Wildman–Crippen LogP) is 4.78. The normalized spacial score (nSPS) is 18.6. The lowest BCUT2D eigenvalue weighted by Gasteiger charge is -2.29. The number of carbonyl (C=O) groups is 1. The maximum Gasteiger partial charge on any atom is 0.269 e. The highest BCUT2D eigenvalue weighted by Crippen LogP contribution is 2.24. The number of nitriles is 1. The topological polar surface area (TPSA) is 105 Å². The highest BCUT2D eigenvalue weighted by molar-refractivity contribution is 6.01. The average Bonchev–Trinajstić information content (AvgIpc) is 2.78. The smallest absolute Gasteiger partial charge is 0.269 e. The standard InChI is InChI=1S/C24H25N3O4/c1-17-4-2-3-5-23(17)26-24(28)20(15-25)14-18-8-12-22(13-9-18)31-16-19-6-10-21(11-7-19)27(29)30/h6-14,17,23H,2-5,16H2,1H3,(H,26,28)/b20-14+/t17-,23-/m0/s1. The van der Waals surface area contributed by atoms with Crippen molar-refractivity contribution in [3.63, 3.8) is 0 Å². The minimum atomic E-state index is -0.442. The van der Waals surface area contributed by atoms with Crippen molar-refractivity contribution >= 4 is 17.7 Å². The highest BCUT2D eigenvalue weighted by Gasteiger charge is 2.24. The molecule has 1 aliphatic rings. The monoisotopic (exact) mass is 419 g/mol. The maximum absolute atomic E-state index is 12.5. The van der Waals surface area contributed by atoms with Crippen molar-refractivity contribution < 1.29 is 14.5 Å². The molecule has 2 aromatic rings. The SMILES string of the molecule is C[C@H]1CCCC[C@@H]1NC(=O)/C(C#N)=C/c1ccc(OCc2ccc([N+](=O)[O-])cc2)cc1. The fraction of sp³-hybridized carbons (Fsp3) is 0.333. The van der Waals surface area contributed by atoms with Crippen LogP contribution in [0.2, 0.25) is 0 Å². The van der Waals surface area contributed by atoms with Gasteiger partial charge in [-0.1, -0.05) is 31.9 Å². The van der Waals surface area contributed by atoms with E-state index in [1.807, 2.05) is 6.07 Å². The van der Waals surface area contributed by atoms with Gasteiger partial charge >= 0.3 is 0 Å². The van der Waals surface area contributed by atoms with Crippen LogP contribution in [0.4, 0.5) is 5.69 Å². The first-order valence-corrected chi connectivity index (χ1v) is 10.3. The Hall–Kier alpha value is -3.66. The summed E-state index contributed by atoms with van der Waals surface area (Å²) in [6.07, 6.45) is 5.91. The average molecular weight is 419 g/mol. The molecule has 0 saturated heterocycles. The first-order chi connectivity index (χ1) is 15.0. The number of ether oxygens (including phenoxy) is 1. The zero-order valence-electron chi connectivity index (χ0n) is 17.4. The van der Waals surface area contributed by atoms with Crippen molar-refractivity contribution in [3.05, 3.63) is 75.3 Å². The van der Waals surface area contributed by atoms with Crippen molar-refractivity contribution in [2.75, 3.05) is 0 Å². The molecule has 0 bridgehead atoms. The molecule has 0 aromatic heterocycles. The van der Waals surface area contributed by atoms with Crippen LogP contribution in [0.15, 0.2) is 54.1 Å². The van der Waals surface area contributed by atoms with Gasteiger partial charge < -0.3 is 10.1 Å². The number of nitro groups is 1. The van der Waals surface area contributed by atoms with Gasteiger partial charge in [0.1, 0.15) is 24.0 Å². The van der Waals surface area contributed by atoms with Gasteiger partial charge in [0.05, 0.1) is 4.92 Å². The zero-order valence-corrected chi connectivity index (χ0v) is 17.4. The summed E-state index contributed by atoms with van der Waals surface area (Å²) >= 11 is 0. The minimum Gasteiger partial charge on any atom is -0.489 e. The van der Waals surface area contributed by atoms with Crippen molar-refractivity contribution in [1.29, 1.82) is 5.26 Å². The van der Waals surface area contributed by atoms with E-state index in [-0.39, 0.29) is 29.8 Å². The van der Waals surface area contributed by atoms with E-state index in [2.05, 4.69) is 12.2 Å². The molecule has 2 atom stereocenters. The fourth-order valence-corrected chi connectivity index (χ4v) is 3.63. The molecule has 3 rings (SSSR count). The third-order valence-corrected chi connectivity index (χ3v) is 5.54. The number of nitro benzene ring substituents is 1. The molecule has 1 saturated carbocycles. The number of rotatable bonds is 7. The van der Waals surface area contributed by atoms with Gasteiger partial charge in [0.15, 0.2) is 0 Å². The first-order valence-electron chi connectivity index (χ1n) is 10.3. The van der Waals surface area contributed by atoms with Crippen LogP contribution < -0.4 is 10.1 Å². The van der Waals surface area contributed by atoms with E-state index in [1.54, 1.807) is 42.5 Å². The molecule has 1 N–H and O–H groups in total. The Labute approximate surface area is 181 Å². The fourth-order valence-electron chi connectivity index (χ4n) is 3.63. The summed E-state index contributed by atoms with van der Waals surface area (Å²) in [6, 6.07) is 15.4. The van der Waals surface area contributed by atoms with Crippen molar-refractivity contribution in [2.24, 2.45) is 5.92 Å². The zero-order chi connectivity index (χ0) is 22.2. The Morgan fingerprint density at radius 3 is 2.48 bits per heavy atom. The third-order valence-electron chi connectivity index (χ3n) is 5.54. The molecule has 1 fully saturated rings. The summed E-state index contributed by atoms with van der Waals surface area (Å²) in [7, 11) is 0. The van der Waals surface area contributed by atoms with Crippen LogP contribution in [0.5, 0.6) is 5.75 Å². The molecule has 160 valence electrons. The number of hydrogen-bond donors (Lipinski definition) is 1. The Balaban J connectivity index is 1.58. The van der Waals surface area contributed by atoms with E-state index >= 15 is 0 Å². The van der Waals surface area contributed by atoms with E-state index in [9.17, 15) is 20.2 Å². The molecule has 7 nitrogen and oxygen atoms in total. The molecule has 1 aliphatic carbocycles. The highest BCUT2D eigenvalue weighted by atomic mass is 16.6. The second-order valence-corrected chi connectivity index (χ2v) is 7.79. The Kier molecular flexibility index (Phi) is 7.39. The lowest BCUT2D eigenvalue weighted by Crippen LogP contribution is -2.41. The molecule has 0 spiro atoms. The number of carbonyl (C=O) groups excluding carboxylic acids is 1. The quantitative estimate of drug-likeness (QED) is 0.301. The van der Waals surface area contributed by atoms with Crippen molar-refractivity contribution in [1.82, 2.24) is 5.32 Å². The van der Waals surface area contributed by atoms with E-state index in [4.69, 9.17) is 4.74 Å². The summed E-state index contributed by atoms with van der Waals surface area (Å²) in [6.45, 7) is 2.41. The Morgan fingerprint density at radius 1 is 1.19 bits per heavy atom. The van der Waals surface area contributed by atoms with Crippen LogP contribution >= 0.6 is 0 Å². The molecular formula is C24H25N3O4. The maximum atomic E-state index is 12.5. The number of amides is 1. The molecule has 0 unspecified atom stereocenters. The van der Waals surface area contributed by atoms with Crippen LogP contribution in [-0.2, 0) is 11.4 Å². The number of non-ortho nitro benzene ring substituents is 1. The van der Waals surface area contributed by atoms with Crippen LogP contribution in [0.1, 0.15) is 43.7 Å². The van der Waals surface area contributed by atoms with E-state index < -0.39 is 4.92 Å². The molecule has 0 radical (unpaired) electrons. The van der Waals surface area contributed by atoms with Crippen LogP contribution in [0.25, 0.3) is 6.08 Å².